The van der Waals surface area contributed by atoms with Gasteiger partial charge in [-0.25, -0.2) is 0 Å². The third-order valence-electron chi connectivity index (χ3n) is 5.20. The summed E-state index contributed by atoms with van der Waals surface area (Å²) in [6.07, 6.45) is 8.19. The third-order valence-corrected chi connectivity index (χ3v) is 5.20. The van der Waals surface area contributed by atoms with Crippen molar-refractivity contribution in [3.63, 3.8) is 0 Å². The van der Waals surface area contributed by atoms with E-state index in [1.165, 1.54) is 49.7 Å². The summed E-state index contributed by atoms with van der Waals surface area (Å²) in [5.41, 5.74) is 4.34. The molecule has 1 aliphatic carbocycles. The van der Waals surface area contributed by atoms with Crippen LogP contribution in [-0.4, -0.2) is 0 Å². The molecule has 1 fully saturated rings. The molecule has 0 aromatic heterocycles. The van der Waals surface area contributed by atoms with Crippen molar-refractivity contribution < 1.29 is 32.7 Å². The summed E-state index contributed by atoms with van der Waals surface area (Å²) in [4.78, 5) is 0. The first kappa shape index (κ1) is 19.4. The molecule has 0 heterocycles. The van der Waals surface area contributed by atoms with E-state index in [1.807, 2.05) is 18.2 Å². The van der Waals surface area contributed by atoms with Crippen LogP contribution < -0.4 is 0 Å². The Bertz CT molecular complexity index is 659. The second kappa shape index (κ2) is 9.50. The van der Waals surface area contributed by atoms with Crippen LogP contribution in [0.5, 0.6) is 0 Å². The van der Waals surface area contributed by atoms with Gasteiger partial charge >= 0.3 is 32.7 Å². The number of hydrogen-bond donors (Lipinski definition) is 0. The van der Waals surface area contributed by atoms with Crippen molar-refractivity contribution in [2.75, 3.05) is 0 Å². The van der Waals surface area contributed by atoms with Crippen molar-refractivity contribution in [1.29, 1.82) is 5.26 Å². The average Bonchev–Trinajstić information content (AvgIpc) is 2.62. The zero-order valence-corrected chi connectivity index (χ0v) is 17.3. The Kier molecular flexibility index (Phi) is 7.66. The maximum absolute atomic E-state index is 8.84. The van der Waals surface area contributed by atoms with E-state index in [2.05, 4.69) is 43.3 Å². The van der Waals surface area contributed by atoms with E-state index in [-0.39, 0.29) is 32.7 Å². The predicted octanol–water partition coefficient (Wildman–Crippen LogP) is 5.78. The van der Waals surface area contributed by atoms with Gasteiger partial charge in [0.15, 0.2) is 0 Å². The smallest absolute Gasteiger partial charge is 0.262 e. The predicted molar refractivity (Wildman–Crippen MR) is 94.9 cm³/mol. The van der Waals surface area contributed by atoms with Crippen molar-refractivity contribution in [3.05, 3.63) is 59.7 Å². The minimum atomic E-state index is 0. The molecule has 0 radical (unpaired) electrons. The summed E-state index contributed by atoms with van der Waals surface area (Å²) in [6.45, 7) is 2.38. The summed E-state index contributed by atoms with van der Waals surface area (Å²) in [6, 6.07) is 19.7. The van der Waals surface area contributed by atoms with Crippen molar-refractivity contribution in [1.82, 2.24) is 0 Å². The molecule has 3 rings (SSSR count). The van der Waals surface area contributed by atoms with Crippen molar-refractivity contribution in [2.45, 2.75) is 45.4 Å². The molecule has 1 nitrogen and oxygen atoms in total. The normalized spacial score (nSPS) is 20.0. The van der Waals surface area contributed by atoms with Crippen LogP contribution in [-0.2, 0) is 39.1 Å². The second-order valence-corrected chi connectivity index (χ2v) is 6.96. The number of hydrogen-bond acceptors (Lipinski definition) is 1. The zero-order valence-electron chi connectivity index (χ0n) is 14.5. The van der Waals surface area contributed by atoms with Gasteiger partial charge < -0.3 is 0 Å². The van der Waals surface area contributed by atoms with Crippen LogP contribution >= 0.6 is 0 Å². The van der Waals surface area contributed by atoms with E-state index in [0.29, 0.717) is 5.56 Å². The first-order valence-corrected chi connectivity index (χ1v) is 8.76. The van der Waals surface area contributed by atoms with Crippen LogP contribution in [0.15, 0.2) is 42.5 Å². The monoisotopic (exact) mass is 391 g/mol. The third kappa shape index (κ3) is 5.27. The summed E-state index contributed by atoms with van der Waals surface area (Å²) < 4.78 is 0. The fraction of sp³-hybridized carbons (Fsp3) is 0.409. The fourth-order valence-electron chi connectivity index (χ4n) is 3.53. The SMILES string of the molecule is CC1CCC(CCc2ccc(-c3c[c-]c(C#N)cc3)cc2)CC1.[Y+3]. The number of benzene rings is 2. The molecule has 0 atom stereocenters. The van der Waals surface area contributed by atoms with E-state index < -0.39 is 0 Å². The molecular weight excluding hydrogens is 367 g/mol. The molecule has 0 aliphatic heterocycles. The zero-order chi connectivity index (χ0) is 16.1. The van der Waals surface area contributed by atoms with Gasteiger partial charge in [-0.2, -0.15) is 0 Å². The second-order valence-electron chi connectivity index (χ2n) is 6.96. The standard InChI is InChI=1S/C22H24N.Y/c1-17-2-4-18(5-3-17)6-7-19-8-12-21(13-9-19)22-14-10-20(16-23)11-15-22;/h8-10,12-15,17-18H,2-7H2,1H3;/q-1;+3. The summed E-state index contributed by atoms with van der Waals surface area (Å²) in [7, 11) is 0. The molecule has 1 aliphatic rings. The van der Waals surface area contributed by atoms with Crippen LogP contribution in [0.25, 0.3) is 11.1 Å². The number of aryl methyl sites for hydroxylation is 1. The Hall–Kier alpha value is -0.966. The largest absolute Gasteiger partial charge is 3.00 e. The van der Waals surface area contributed by atoms with Crippen LogP contribution in [0.2, 0.25) is 0 Å². The van der Waals surface area contributed by atoms with Crippen molar-refractivity contribution >= 4 is 0 Å². The minimum Gasteiger partial charge on any atom is -0.262 e. The van der Waals surface area contributed by atoms with Crippen molar-refractivity contribution in [3.8, 4) is 17.2 Å². The van der Waals surface area contributed by atoms with Gasteiger partial charge in [-0.1, -0.05) is 73.6 Å². The maximum atomic E-state index is 8.84. The Morgan fingerprint density at radius 3 is 2.25 bits per heavy atom. The van der Waals surface area contributed by atoms with E-state index in [0.717, 1.165) is 17.4 Å². The quantitative estimate of drug-likeness (QED) is 0.606. The van der Waals surface area contributed by atoms with Gasteiger partial charge in [0.25, 0.3) is 0 Å². The molecule has 2 aromatic rings. The van der Waals surface area contributed by atoms with E-state index in [4.69, 9.17) is 5.26 Å². The van der Waals surface area contributed by atoms with Crippen LogP contribution in [0.3, 0.4) is 0 Å². The van der Waals surface area contributed by atoms with E-state index in [1.54, 1.807) is 0 Å². The number of nitrogens with zero attached hydrogens (tertiary/aromatic N) is 1. The molecule has 0 unspecified atom stereocenters. The van der Waals surface area contributed by atoms with Gasteiger partial charge in [0.2, 0.25) is 0 Å². The van der Waals surface area contributed by atoms with Gasteiger partial charge in [0.1, 0.15) is 0 Å². The molecular formula is C22H24NY+2. The summed E-state index contributed by atoms with van der Waals surface area (Å²) in [5, 5.41) is 8.84. The van der Waals surface area contributed by atoms with Crippen LogP contribution in [0.4, 0.5) is 0 Å². The first-order chi connectivity index (χ1) is 11.2. The molecule has 0 amide bonds. The molecule has 0 spiro atoms. The topological polar surface area (TPSA) is 23.8 Å². The van der Waals surface area contributed by atoms with E-state index >= 15 is 0 Å². The van der Waals surface area contributed by atoms with Gasteiger partial charge in [0, 0.05) is 0 Å². The molecule has 0 N–H and O–H groups in total. The van der Waals surface area contributed by atoms with Crippen molar-refractivity contribution in [2.24, 2.45) is 11.8 Å². The summed E-state index contributed by atoms with van der Waals surface area (Å²) >= 11 is 0. The van der Waals surface area contributed by atoms with Gasteiger partial charge in [0.05, 0.1) is 0 Å². The molecule has 2 aromatic carbocycles. The molecule has 0 bridgehead atoms. The molecule has 2 heteroatoms. The van der Waals surface area contributed by atoms with E-state index in [9.17, 15) is 0 Å². The Morgan fingerprint density at radius 2 is 1.67 bits per heavy atom. The van der Waals surface area contributed by atoms with Gasteiger partial charge in [-0.3, -0.25) is 5.26 Å². The van der Waals surface area contributed by atoms with Crippen LogP contribution in [0, 0.1) is 29.2 Å². The van der Waals surface area contributed by atoms with Gasteiger partial charge in [-0.15, -0.1) is 24.3 Å². The Morgan fingerprint density at radius 1 is 1.00 bits per heavy atom. The van der Waals surface area contributed by atoms with Crippen LogP contribution in [0.1, 0.15) is 50.2 Å². The maximum Gasteiger partial charge on any atom is 3.00 e. The number of nitriles is 1. The molecule has 1 saturated carbocycles. The summed E-state index contributed by atoms with van der Waals surface area (Å²) in [5.74, 6) is 1.87. The average molecular weight is 391 g/mol. The first-order valence-electron chi connectivity index (χ1n) is 8.76. The molecule has 118 valence electrons. The number of rotatable bonds is 4. The molecule has 0 saturated heterocycles. The molecule has 24 heavy (non-hydrogen) atoms. The fourth-order valence-corrected chi connectivity index (χ4v) is 3.53. The Balaban J connectivity index is 0.00000208. The van der Waals surface area contributed by atoms with Gasteiger partial charge in [-0.05, 0) is 36.3 Å². The Labute approximate surface area is 171 Å². The minimum absolute atomic E-state index is 0.